The summed E-state index contributed by atoms with van der Waals surface area (Å²) in [4.78, 5) is 12.0. The lowest BCUT2D eigenvalue weighted by molar-refractivity contribution is 0.0991. The van der Waals surface area contributed by atoms with Gasteiger partial charge in [0.15, 0.2) is 5.78 Å². The first-order valence-electron chi connectivity index (χ1n) is 5.19. The lowest BCUT2D eigenvalue weighted by atomic mass is 10.0. The van der Waals surface area contributed by atoms with Crippen LogP contribution >= 0.6 is 22.6 Å². The largest absolute Gasteiger partial charge is 0.294 e. The van der Waals surface area contributed by atoms with E-state index in [2.05, 4.69) is 22.6 Å². The van der Waals surface area contributed by atoms with E-state index >= 15 is 0 Å². The van der Waals surface area contributed by atoms with Crippen LogP contribution in [0.25, 0.3) is 0 Å². The normalized spacial score (nSPS) is 10.2. The first kappa shape index (κ1) is 12.2. The molecule has 0 heterocycles. The monoisotopic (exact) mass is 340 g/mol. The standard InChI is InChI=1S/C14H10FIO/c15-12-7-3-1-5-10(12)9-14(17)11-6-2-4-8-13(11)16/h1-8H,9H2. The van der Waals surface area contributed by atoms with Gasteiger partial charge in [-0.15, -0.1) is 0 Å². The topological polar surface area (TPSA) is 17.1 Å². The lowest BCUT2D eigenvalue weighted by Gasteiger charge is -2.04. The first-order chi connectivity index (χ1) is 8.18. The molecule has 1 nitrogen and oxygen atoms in total. The SMILES string of the molecule is O=C(Cc1ccccc1F)c1ccccc1I. The Morgan fingerprint density at radius 2 is 1.71 bits per heavy atom. The van der Waals surface area contributed by atoms with Crippen LogP contribution in [-0.2, 0) is 6.42 Å². The van der Waals surface area contributed by atoms with Crippen molar-refractivity contribution in [3.8, 4) is 0 Å². The van der Waals surface area contributed by atoms with Crippen LogP contribution in [0.4, 0.5) is 4.39 Å². The fourth-order valence-corrected chi connectivity index (χ4v) is 2.29. The molecule has 2 rings (SSSR count). The maximum atomic E-state index is 13.4. The summed E-state index contributed by atoms with van der Waals surface area (Å²) in [5, 5.41) is 0. The molecule has 0 radical (unpaired) electrons. The van der Waals surface area contributed by atoms with E-state index in [1.165, 1.54) is 6.07 Å². The van der Waals surface area contributed by atoms with Gasteiger partial charge in [-0.1, -0.05) is 36.4 Å². The summed E-state index contributed by atoms with van der Waals surface area (Å²) in [6.45, 7) is 0. The van der Waals surface area contributed by atoms with Gasteiger partial charge in [0, 0.05) is 15.6 Å². The molecule has 17 heavy (non-hydrogen) atoms. The van der Waals surface area contributed by atoms with Crippen molar-refractivity contribution in [2.24, 2.45) is 0 Å². The molecule has 2 aromatic carbocycles. The summed E-state index contributed by atoms with van der Waals surface area (Å²) in [5.74, 6) is -0.383. The van der Waals surface area contributed by atoms with Crippen LogP contribution in [0.3, 0.4) is 0 Å². The highest BCUT2D eigenvalue weighted by Crippen LogP contribution is 2.16. The lowest BCUT2D eigenvalue weighted by Crippen LogP contribution is -2.06. The predicted octanol–water partition coefficient (Wildman–Crippen LogP) is 3.86. The van der Waals surface area contributed by atoms with Crippen molar-refractivity contribution in [2.75, 3.05) is 0 Å². The second kappa shape index (κ2) is 5.40. The Morgan fingerprint density at radius 1 is 1.06 bits per heavy atom. The smallest absolute Gasteiger partial charge is 0.168 e. The molecule has 0 spiro atoms. The third-order valence-corrected chi connectivity index (χ3v) is 3.42. The minimum Gasteiger partial charge on any atom is -0.294 e. The van der Waals surface area contributed by atoms with Gasteiger partial charge in [0.05, 0.1) is 0 Å². The third kappa shape index (κ3) is 2.91. The fourth-order valence-electron chi connectivity index (χ4n) is 1.60. The molecule has 0 fully saturated rings. The second-order valence-electron chi connectivity index (χ2n) is 3.67. The highest BCUT2D eigenvalue weighted by atomic mass is 127. The number of benzene rings is 2. The molecule has 0 saturated heterocycles. The molecule has 0 aliphatic carbocycles. The Labute approximate surface area is 113 Å². The maximum absolute atomic E-state index is 13.4. The van der Waals surface area contributed by atoms with Crippen molar-refractivity contribution >= 4 is 28.4 Å². The summed E-state index contributed by atoms with van der Waals surface area (Å²) < 4.78 is 14.3. The summed E-state index contributed by atoms with van der Waals surface area (Å²) in [6.07, 6.45) is 0.104. The van der Waals surface area contributed by atoms with Gasteiger partial charge in [0.2, 0.25) is 0 Å². The van der Waals surface area contributed by atoms with E-state index in [1.54, 1.807) is 24.3 Å². The molecule has 0 aliphatic rings. The van der Waals surface area contributed by atoms with E-state index in [1.807, 2.05) is 18.2 Å². The minimum atomic E-state index is -0.327. The maximum Gasteiger partial charge on any atom is 0.168 e. The van der Waals surface area contributed by atoms with Gasteiger partial charge in [-0.05, 0) is 40.3 Å². The molecule has 0 amide bonds. The molecule has 0 bridgehead atoms. The van der Waals surface area contributed by atoms with E-state index in [4.69, 9.17) is 0 Å². The summed E-state index contributed by atoms with van der Waals surface area (Å²) >= 11 is 2.11. The number of hydrogen-bond acceptors (Lipinski definition) is 1. The van der Waals surface area contributed by atoms with E-state index < -0.39 is 0 Å². The number of carbonyl (C=O) groups excluding carboxylic acids is 1. The van der Waals surface area contributed by atoms with Crippen LogP contribution in [0, 0.1) is 9.39 Å². The minimum absolute atomic E-state index is 0.0555. The van der Waals surface area contributed by atoms with Gasteiger partial charge >= 0.3 is 0 Å². The Morgan fingerprint density at radius 3 is 2.41 bits per heavy atom. The number of rotatable bonds is 3. The van der Waals surface area contributed by atoms with Gasteiger partial charge in [0.1, 0.15) is 5.82 Å². The Balaban J connectivity index is 2.24. The molecule has 0 aliphatic heterocycles. The molecule has 3 heteroatoms. The van der Waals surface area contributed by atoms with E-state index in [-0.39, 0.29) is 18.0 Å². The zero-order valence-corrected chi connectivity index (χ0v) is 11.1. The summed E-state index contributed by atoms with van der Waals surface area (Å²) in [6, 6.07) is 13.7. The molecular formula is C14H10FIO. The third-order valence-electron chi connectivity index (χ3n) is 2.48. The second-order valence-corrected chi connectivity index (χ2v) is 4.83. The summed E-state index contributed by atoms with van der Waals surface area (Å²) in [7, 11) is 0. The Hall–Kier alpha value is -1.23. The van der Waals surface area contributed by atoms with Crippen molar-refractivity contribution < 1.29 is 9.18 Å². The van der Waals surface area contributed by atoms with Gasteiger partial charge in [-0.2, -0.15) is 0 Å². The average Bonchev–Trinajstić information content (AvgIpc) is 2.32. The molecular weight excluding hydrogens is 330 g/mol. The van der Waals surface area contributed by atoms with Crippen molar-refractivity contribution in [3.05, 3.63) is 69.0 Å². The van der Waals surface area contributed by atoms with E-state index in [0.717, 1.165) is 3.57 Å². The zero-order chi connectivity index (χ0) is 12.3. The van der Waals surface area contributed by atoms with Gasteiger partial charge in [0.25, 0.3) is 0 Å². The highest BCUT2D eigenvalue weighted by molar-refractivity contribution is 14.1. The van der Waals surface area contributed by atoms with Crippen LogP contribution in [0.2, 0.25) is 0 Å². The molecule has 0 atom stereocenters. The fraction of sp³-hybridized carbons (Fsp3) is 0.0714. The number of halogens is 2. The number of hydrogen-bond donors (Lipinski definition) is 0. The first-order valence-corrected chi connectivity index (χ1v) is 6.27. The van der Waals surface area contributed by atoms with Crippen molar-refractivity contribution in [1.82, 2.24) is 0 Å². The van der Waals surface area contributed by atoms with Crippen molar-refractivity contribution in [1.29, 1.82) is 0 Å². The Kier molecular flexibility index (Phi) is 3.89. The molecule has 0 saturated carbocycles. The van der Waals surface area contributed by atoms with Crippen molar-refractivity contribution in [3.63, 3.8) is 0 Å². The Bertz CT molecular complexity index is 551. The molecule has 86 valence electrons. The van der Waals surface area contributed by atoms with Gasteiger partial charge in [-0.3, -0.25) is 4.79 Å². The number of carbonyl (C=O) groups is 1. The van der Waals surface area contributed by atoms with E-state index in [0.29, 0.717) is 11.1 Å². The number of Topliss-reactive ketones (excluding diaryl/α,β-unsaturated/α-hetero) is 1. The molecule has 0 unspecified atom stereocenters. The molecule has 2 aromatic rings. The van der Waals surface area contributed by atoms with Gasteiger partial charge < -0.3 is 0 Å². The predicted molar refractivity (Wildman–Crippen MR) is 73.6 cm³/mol. The molecule has 0 N–H and O–H groups in total. The van der Waals surface area contributed by atoms with Crippen LogP contribution in [0.5, 0.6) is 0 Å². The van der Waals surface area contributed by atoms with Crippen LogP contribution < -0.4 is 0 Å². The summed E-state index contributed by atoms with van der Waals surface area (Å²) in [5.41, 5.74) is 1.09. The highest BCUT2D eigenvalue weighted by Gasteiger charge is 2.12. The zero-order valence-electron chi connectivity index (χ0n) is 8.99. The van der Waals surface area contributed by atoms with Crippen molar-refractivity contribution in [2.45, 2.75) is 6.42 Å². The quantitative estimate of drug-likeness (QED) is 0.613. The van der Waals surface area contributed by atoms with Gasteiger partial charge in [-0.25, -0.2) is 4.39 Å². The van der Waals surface area contributed by atoms with Crippen LogP contribution in [-0.4, -0.2) is 5.78 Å². The average molecular weight is 340 g/mol. The van der Waals surface area contributed by atoms with E-state index in [9.17, 15) is 9.18 Å². The van der Waals surface area contributed by atoms with Crippen LogP contribution in [0.1, 0.15) is 15.9 Å². The molecule has 0 aromatic heterocycles. The number of ketones is 1. The van der Waals surface area contributed by atoms with Crippen LogP contribution in [0.15, 0.2) is 48.5 Å².